The van der Waals surface area contributed by atoms with E-state index in [0.717, 1.165) is 11.5 Å². The molecule has 0 aliphatic carbocycles. The second-order valence-corrected chi connectivity index (χ2v) is 3.56. The van der Waals surface area contributed by atoms with Crippen LogP contribution in [0.15, 0.2) is 0 Å². The standard InChI is InChI=1S/C6H9N5O4S/c1-2(12)3(4(13)14)7-5(15)8-6-9-10-11-16-6/h2-3,12H,1H3,(H,13,14)(H2,7,8,9,11,15)/t2-,3+/m1/s1. The molecule has 0 spiro atoms. The Morgan fingerprint density at radius 3 is 2.62 bits per heavy atom. The first-order chi connectivity index (χ1) is 7.50. The van der Waals surface area contributed by atoms with Crippen LogP contribution in [0.25, 0.3) is 0 Å². The van der Waals surface area contributed by atoms with Gasteiger partial charge in [-0.3, -0.25) is 5.32 Å². The van der Waals surface area contributed by atoms with Gasteiger partial charge in [0, 0.05) is 11.5 Å². The maximum Gasteiger partial charge on any atom is 0.328 e. The zero-order chi connectivity index (χ0) is 12.1. The van der Waals surface area contributed by atoms with Crippen molar-refractivity contribution in [2.45, 2.75) is 19.1 Å². The van der Waals surface area contributed by atoms with Gasteiger partial charge in [-0.05, 0) is 12.1 Å². The highest BCUT2D eigenvalue weighted by atomic mass is 32.1. The van der Waals surface area contributed by atoms with E-state index in [1.54, 1.807) is 0 Å². The van der Waals surface area contributed by atoms with Gasteiger partial charge < -0.3 is 15.5 Å². The van der Waals surface area contributed by atoms with Crippen LogP contribution in [0.1, 0.15) is 6.92 Å². The molecular weight excluding hydrogens is 238 g/mol. The number of aliphatic hydroxyl groups is 1. The summed E-state index contributed by atoms with van der Waals surface area (Å²) in [5.74, 6) is -1.33. The molecule has 0 aliphatic heterocycles. The van der Waals surface area contributed by atoms with E-state index in [2.05, 4.69) is 25.4 Å². The predicted octanol–water partition coefficient (Wildman–Crippen LogP) is -1.11. The van der Waals surface area contributed by atoms with Gasteiger partial charge in [0.2, 0.25) is 5.13 Å². The second kappa shape index (κ2) is 5.32. The van der Waals surface area contributed by atoms with Crippen LogP contribution in [0.4, 0.5) is 9.93 Å². The number of carbonyl (C=O) groups is 2. The molecular formula is C6H9N5O4S. The summed E-state index contributed by atoms with van der Waals surface area (Å²) in [5, 5.41) is 28.9. The Balaban J connectivity index is 2.52. The van der Waals surface area contributed by atoms with E-state index >= 15 is 0 Å². The number of carboxylic acids is 1. The number of nitrogens with zero attached hydrogens (tertiary/aromatic N) is 3. The minimum absolute atomic E-state index is 0.132. The lowest BCUT2D eigenvalue weighted by atomic mass is 10.2. The van der Waals surface area contributed by atoms with Gasteiger partial charge in [-0.25, -0.2) is 9.59 Å². The number of aliphatic hydroxyl groups excluding tert-OH is 1. The smallest absolute Gasteiger partial charge is 0.328 e. The monoisotopic (exact) mass is 247 g/mol. The fraction of sp³-hybridized carbons (Fsp3) is 0.500. The molecule has 1 aromatic rings. The molecule has 0 radical (unpaired) electrons. The Bertz CT molecular complexity index is 367. The van der Waals surface area contributed by atoms with Gasteiger partial charge >= 0.3 is 12.0 Å². The predicted molar refractivity (Wildman–Crippen MR) is 53.0 cm³/mol. The number of amides is 2. The first-order valence-corrected chi connectivity index (χ1v) is 4.91. The lowest BCUT2D eigenvalue weighted by Gasteiger charge is -2.16. The first-order valence-electron chi connectivity index (χ1n) is 4.14. The quantitative estimate of drug-likeness (QED) is 0.529. The van der Waals surface area contributed by atoms with Crippen molar-refractivity contribution < 1.29 is 19.8 Å². The van der Waals surface area contributed by atoms with Crippen LogP contribution in [0.2, 0.25) is 0 Å². The van der Waals surface area contributed by atoms with Gasteiger partial charge in [0.15, 0.2) is 6.04 Å². The van der Waals surface area contributed by atoms with Gasteiger partial charge in [0.1, 0.15) is 0 Å². The fourth-order valence-corrected chi connectivity index (χ4v) is 1.21. The Kier molecular flexibility index (Phi) is 4.08. The number of anilines is 1. The molecule has 9 nitrogen and oxygen atoms in total. The molecule has 0 saturated carbocycles. The third-order valence-electron chi connectivity index (χ3n) is 1.55. The molecule has 0 fully saturated rings. The van der Waals surface area contributed by atoms with Gasteiger partial charge in [-0.1, -0.05) is 9.59 Å². The van der Waals surface area contributed by atoms with Crippen LogP contribution in [-0.4, -0.2) is 49.2 Å². The summed E-state index contributed by atoms with van der Waals surface area (Å²) >= 11 is 0.841. The van der Waals surface area contributed by atoms with E-state index in [1.807, 2.05) is 0 Å². The maximum atomic E-state index is 11.2. The Morgan fingerprint density at radius 2 is 2.19 bits per heavy atom. The van der Waals surface area contributed by atoms with Crippen molar-refractivity contribution in [3.8, 4) is 0 Å². The van der Waals surface area contributed by atoms with Crippen molar-refractivity contribution in [3.63, 3.8) is 0 Å². The van der Waals surface area contributed by atoms with Crippen molar-refractivity contribution in [1.29, 1.82) is 0 Å². The van der Waals surface area contributed by atoms with Crippen LogP contribution < -0.4 is 10.6 Å². The SMILES string of the molecule is C[C@@H](O)[C@H](NC(=O)Nc1nnns1)C(=O)O. The van der Waals surface area contributed by atoms with Crippen LogP contribution >= 0.6 is 11.5 Å². The molecule has 2 atom stereocenters. The molecule has 88 valence electrons. The van der Waals surface area contributed by atoms with Crippen molar-refractivity contribution in [1.82, 2.24) is 20.1 Å². The van der Waals surface area contributed by atoms with Gasteiger partial charge in [0.05, 0.1) is 6.10 Å². The number of nitrogens with one attached hydrogen (secondary N) is 2. The molecule has 10 heteroatoms. The molecule has 0 bridgehead atoms. The van der Waals surface area contributed by atoms with E-state index in [-0.39, 0.29) is 5.13 Å². The molecule has 1 aromatic heterocycles. The number of aromatic nitrogens is 3. The molecule has 2 amide bonds. The van der Waals surface area contributed by atoms with Crippen molar-refractivity contribution in [2.75, 3.05) is 5.32 Å². The molecule has 0 unspecified atom stereocenters. The number of carboxylic acid groups (broad SMARTS) is 1. The normalized spacial score (nSPS) is 13.9. The van der Waals surface area contributed by atoms with E-state index in [1.165, 1.54) is 6.92 Å². The lowest BCUT2D eigenvalue weighted by molar-refractivity contribution is -0.141. The molecule has 0 aromatic carbocycles. The highest BCUT2D eigenvalue weighted by Crippen LogP contribution is 2.04. The van der Waals surface area contributed by atoms with E-state index in [4.69, 9.17) is 10.2 Å². The molecule has 1 rings (SSSR count). The van der Waals surface area contributed by atoms with Crippen molar-refractivity contribution >= 4 is 28.7 Å². The van der Waals surface area contributed by atoms with E-state index < -0.39 is 24.1 Å². The van der Waals surface area contributed by atoms with Crippen LogP contribution in [0.3, 0.4) is 0 Å². The Morgan fingerprint density at radius 1 is 1.50 bits per heavy atom. The molecule has 4 N–H and O–H groups in total. The number of aliphatic carboxylic acids is 1. The van der Waals surface area contributed by atoms with Crippen LogP contribution in [0, 0.1) is 0 Å². The largest absolute Gasteiger partial charge is 0.480 e. The maximum absolute atomic E-state index is 11.2. The van der Waals surface area contributed by atoms with E-state index in [0.29, 0.717) is 0 Å². The average Bonchev–Trinajstić information content (AvgIpc) is 2.65. The minimum atomic E-state index is -1.39. The zero-order valence-corrected chi connectivity index (χ0v) is 8.93. The number of carbonyl (C=O) groups excluding carboxylic acids is 1. The summed E-state index contributed by atoms with van der Waals surface area (Å²) < 4.78 is 3.40. The third kappa shape index (κ3) is 3.40. The number of hydrogen-bond acceptors (Lipinski definition) is 7. The molecule has 0 saturated heterocycles. The highest BCUT2D eigenvalue weighted by Gasteiger charge is 2.25. The molecule has 1 heterocycles. The fourth-order valence-electron chi connectivity index (χ4n) is 0.845. The summed E-state index contributed by atoms with van der Waals surface area (Å²) in [4.78, 5) is 21.9. The number of rotatable bonds is 4. The third-order valence-corrected chi connectivity index (χ3v) is 2.07. The first kappa shape index (κ1) is 12.3. The second-order valence-electron chi connectivity index (χ2n) is 2.82. The topological polar surface area (TPSA) is 137 Å². The summed E-state index contributed by atoms with van der Waals surface area (Å²) in [6, 6.07) is -2.19. The Labute approximate surface area is 93.6 Å². The van der Waals surface area contributed by atoms with Crippen molar-refractivity contribution in [2.24, 2.45) is 0 Å². The molecule has 0 aliphatic rings. The summed E-state index contributed by atoms with van der Waals surface area (Å²) in [6.45, 7) is 1.26. The summed E-state index contributed by atoms with van der Waals surface area (Å²) in [6.07, 6.45) is -1.21. The van der Waals surface area contributed by atoms with E-state index in [9.17, 15) is 9.59 Å². The van der Waals surface area contributed by atoms with Gasteiger partial charge in [-0.15, -0.1) is 0 Å². The zero-order valence-electron chi connectivity index (χ0n) is 8.12. The highest BCUT2D eigenvalue weighted by molar-refractivity contribution is 7.09. The number of urea groups is 1. The van der Waals surface area contributed by atoms with Crippen LogP contribution in [0.5, 0.6) is 0 Å². The summed E-state index contributed by atoms with van der Waals surface area (Å²) in [5.41, 5.74) is 0. The van der Waals surface area contributed by atoms with Crippen molar-refractivity contribution in [3.05, 3.63) is 0 Å². The average molecular weight is 247 g/mol. The molecule has 16 heavy (non-hydrogen) atoms. The Hall–Kier alpha value is -1.81. The number of hydrogen-bond donors (Lipinski definition) is 4. The lowest BCUT2D eigenvalue weighted by Crippen LogP contribution is -2.49. The summed E-state index contributed by atoms with van der Waals surface area (Å²) in [7, 11) is 0. The van der Waals surface area contributed by atoms with Gasteiger partial charge in [0.25, 0.3) is 0 Å². The van der Waals surface area contributed by atoms with Crippen LogP contribution in [-0.2, 0) is 4.79 Å². The minimum Gasteiger partial charge on any atom is -0.480 e. The van der Waals surface area contributed by atoms with Gasteiger partial charge in [-0.2, -0.15) is 0 Å².